The minimum Gasteiger partial charge on any atom is -0.497 e. The van der Waals surface area contributed by atoms with E-state index in [1.165, 1.54) is 0 Å². The molecule has 0 atom stereocenters. The fourth-order valence-electron chi connectivity index (χ4n) is 3.94. The lowest BCUT2D eigenvalue weighted by molar-refractivity contribution is -0.136. The first kappa shape index (κ1) is 18.5. The highest BCUT2D eigenvalue weighted by molar-refractivity contribution is 5.94. The quantitative estimate of drug-likeness (QED) is 0.876. The molecule has 0 unspecified atom stereocenters. The zero-order chi connectivity index (χ0) is 18.5. The molecule has 1 saturated carbocycles. The number of anilines is 1. The van der Waals surface area contributed by atoms with E-state index < -0.39 is 0 Å². The molecule has 6 nitrogen and oxygen atoms in total. The number of nitrogens with one attached hydrogen (secondary N) is 1. The van der Waals surface area contributed by atoms with Gasteiger partial charge in [-0.05, 0) is 50.7 Å². The van der Waals surface area contributed by atoms with Crippen molar-refractivity contribution in [3.8, 4) is 11.5 Å². The van der Waals surface area contributed by atoms with E-state index in [1.54, 1.807) is 32.4 Å². The minimum atomic E-state index is -0.0615. The molecule has 142 valence electrons. The van der Waals surface area contributed by atoms with Gasteiger partial charge in [0.15, 0.2) is 0 Å². The van der Waals surface area contributed by atoms with E-state index in [0.717, 1.165) is 51.6 Å². The summed E-state index contributed by atoms with van der Waals surface area (Å²) < 4.78 is 10.5. The molecule has 1 aliphatic heterocycles. The van der Waals surface area contributed by atoms with Crippen molar-refractivity contribution in [2.75, 3.05) is 32.6 Å². The Morgan fingerprint density at radius 3 is 2.27 bits per heavy atom. The number of hydrogen-bond donors (Lipinski definition) is 1. The molecule has 1 N–H and O–H groups in total. The summed E-state index contributed by atoms with van der Waals surface area (Å²) in [6.07, 6.45) is 5.33. The number of methoxy groups -OCH3 is 2. The van der Waals surface area contributed by atoms with Gasteiger partial charge in [-0.1, -0.05) is 0 Å². The second-order valence-electron chi connectivity index (χ2n) is 7.14. The molecule has 1 aromatic carbocycles. The maximum atomic E-state index is 12.7. The molecule has 1 saturated heterocycles. The average Bonchev–Trinajstić information content (AvgIpc) is 3.22. The Bertz CT molecular complexity index is 647. The molecule has 2 aliphatic rings. The predicted molar refractivity (Wildman–Crippen MR) is 99.4 cm³/mol. The van der Waals surface area contributed by atoms with Crippen molar-refractivity contribution in [2.24, 2.45) is 11.8 Å². The molecule has 1 aromatic rings. The van der Waals surface area contributed by atoms with E-state index in [9.17, 15) is 9.59 Å². The lowest BCUT2D eigenvalue weighted by Crippen LogP contribution is -2.37. The SMILES string of the molecule is COc1ccc(OC)c(NC(=O)C2CCC(C(=O)N3CCCC3)CC2)c1. The number of amides is 2. The van der Waals surface area contributed by atoms with E-state index in [-0.39, 0.29) is 23.7 Å². The second-order valence-corrected chi connectivity index (χ2v) is 7.14. The molecule has 2 fully saturated rings. The van der Waals surface area contributed by atoms with Crippen LogP contribution >= 0.6 is 0 Å². The van der Waals surface area contributed by atoms with Gasteiger partial charge in [-0.15, -0.1) is 0 Å². The van der Waals surface area contributed by atoms with Crippen LogP contribution in [-0.4, -0.2) is 44.0 Å². The molecule has 0 spiro atoms. The van der Waals surface area contributed by atoms with Gasteiger partial charge in [0.05, 0.1) is 19.9 Å². The van der Waals surface area contributed by atoms with Crippen LogP contribution in [0.25, 0.3) is 0 Å². The number of nitrogens with zero attached hydrogens (tertiary/aromatic N) is 1. The van der Waals surface area contributed by atoms with Crippen LogP contribution in [0.4, 0.5) is 5.69 Å². The van der Waals surface area contributed by atoms with Crippen molar-refractivity contribution in [3.63, 3.8) is 0 Å². The first-order valence-electron chi connectivity index (χ1n) is 9.44. The monoisotopic (exact) mass is 360 g/mol. The molecule has 0 aromatic heterocycles. The van der Waals surface area contributed by atoms with Crippen LogP contribution in [0.2, 0.25) is 0 Å². The highest BCUT2D eigenvalue weighted by atomic mass is 16.5. The maximum absolute atomic E-state index is 12.7. The van der Waals surface area contributed by atoms with E-state index in [1.807, 2.05) is 4.90 Å². The van der Waals surface area contributed by atoms with E-state index in [0.29, 0.717) is 17.2 Å². The summed E-state index contributed by atoms with van der Waals surface area (Å²) in [5, 5.41) is 2.97. The van der Waals surface area contributed by atoms with E-state index in [2.05, 4.69) is 5.32 Å². The lowest BCUT2D eigenvalue weighted by atomic mass is 9.81. The van der Waals surface area contributed by atoms with Gasteiger partial charge in [-0.2, -0.15) is 0 Å². The van der Waals surface area contributed by atoms with Crippen LogP contribution in [-0.2, 0) is 9.59 Å². The zero-order valence-electron chi connectivity index (χ0n) is 15.6. The third kappa shape index (κ3) is 4.11. The number of likely N-dealkylation sites (tertiary alicyclic amines) is 1. The Hall–Kier alpha value is -2.24. The second kappa shape index (κ2) is 8.43. The van der Waals surface area contributed by atoms with Crippen LogP contribution < -0.4 is 14.8 Å². The van der Waals surface area contributed by atoms with Crippen molar-refractivity contribution >= 4 is 17.5 Å². The lowest BCUT2D eigenvalue weighted by Gasteiger charge is -2.30. The number of rotatable bonds is 5. The van der Waals surface area contributed by atoms with Crippen LogP contribution in [0.5, 0.6) is 11.5 Å². The minimum absolute atomic E-state index is 0.0105. The van der Waals surface area contributed by atoms with Crippen molar-refractivity contribution in [3.05, 3.63) is 18.2 Å². The zero-order valence-corrected chi connectivity index (χ0v) is 15.6. The molecule has 1 aliphatic carbocycles. The van der Waals surface area contributed by atoms with Crippen LogP contribution in [0.3, 0.4) is 0 Å². The van der Waals surface area contributed by atoms with Gasteiger partial charge in [-0.3, -0.25) is 9.59 Å². The summed E-state index contributed by atoms with van der Waals surface area (Å²) in [6, 6.07) is 5.34. The summed E-state index contributed by atoms with van der Waals surface area (Å²) in [7, 11) is 3.17. The third-order valence-electron chi connectivity index (χ3n) is 5.53. The Balaban J connectivity index is 1.56. The molecule has 6 heteroatoms. The van der Waals surface area contributed by atoms with Gasteiger partial charge in [0.25, 0.3) is 0 Å². The maximum Gasteiger partial charge on any atom is 0.227 e. The average molecular weight is 360 g/mol. The summed E-state index contributed by atoms with van der Waals surface area (Å²) in [4.78, 5) is 27.2. The number of ether oxygens (including phenoxy) is 2. The summed E-state index contributed by atoms with van der Waals surface area (Å²) in [5.74, 6) is 1.58. The Labute approximate surface area is 154 Å². The van der Waals surface area contributed by atoms with Crippen molar-refractivity contribution in [1.29, 1.82) is 0 Å². The van der Waals surface area contributed by atoms with Gasteiger partial charge in [0.1, 0.15) is 11.5 Å². The summed E-state index contributed by atoms with van der Waals surface area (Å²) in [6.45, 7) is 1.80. The number of hydrogen-bond acceptors (Lipinski definition) is 4. The summed E-state index contributed by atoms with van der Waals surface area (Å²) >= 11 is 0. The molecule has 1 heterocycles. The first-order chi connectivity index (χ1) is 12.6. The molecule has 0 bridgehead atoms. The van der Waals surface area contributed by atoms with Gasteiger partial charge < -0.3 is 19.7 Å². The van der Waals surface area contributed by atoms with Crippen LogP contribution in [0, 0.1) is 11.8 Å². The van der Waals surface area contributed by atoms with Crippen molar-refractivity contribution < 1.29 is 19.1 Å². The fraction of sp³-hybridized carbons (Fsp3) is 0.600. The Morgan fingerprint density at radius 2 is 1.65 bits per heavy atom. The third-order valence-corrected chi connectivity index (χ3v) is 5.53. The number of carbonyl (C=O) groups excluding carboxylic acids is 2. The van der Waals surface area contributed by atoms with Crippen molar-refractivity contribution in [2.45, 2.75) is 38.5 Å². The highest BCUT2D eigenvalue weighted by Crippen LogP contribution is 2.34. The Kier molecular flexibility index (Phi) is 6.01. The molecule has 3 rings (SSSR count). The largest absolute Gasteiger partial charge is 0.497 e. The molecule has 26 heavy (non-hydrogen) atoms. The molecule has 0 radical (unpaired) electrons. The van der Waals surface area contributed by atoms with Gasteiger partial charge >= 0.3 is 0 Å². The number of carbonyl (C=O) groups is 2. The molecular formula is C20H28N2O4. The number of benzene rings is 1. The van der Waals surface area contributed by atoms with Crippen molar-refractivity contribution in [1.82, 2.24) is 4.90 Å². The fourth-order valence-corrected chi connectivity index (χ4v) is 3.94. The van der Waals surface area contributed by atoms with Gasteiger partial charge in [-0.25, -0.2) is 0 Å². The van der Waals surface area contributed by atoms with Gasteiger partial charge in [0, 0.05) is 31.0 Å². The van der Waals surface area contributed by atoms with Crippen LogP contribution in [0.15, 0.2) is 18.2 Å². The standard InChI is InChI=1S/C20H28N2O4/c1-25-16-9-10-18(26-2)17(13-16)21-19(23)14-5-7-15(8-6-14)20(24)22-11-3-4-12-22/h9-10,13-15H,3-8,11-12H2,1-2H3,(H,21,23). The predicted octanol–water partition coefficient (Wildman–Crippen LogP) is 3.07. The Morgan fingerprint density at radius 1 is 1.00 bits per heavy atom. The topological polar surface area (TPSA) is 67.9 Å². The smallest absolute Gasteiger partial charge is 0.227 e. The molecule has 2 amide bonds. The normalized spacial score (nSPS) is 22.8. The molecular weight excluding hydrogens is 332 g/mol. The summed E-state index contributed by atoms with van der Waals surface area (Å²) in [5.41, 5.74) is 0.618. The highest BCUT2D eigenvalue weighted by Gasteiger charge is 2.33. The van der Waals surface area contributed by atoms with E-state index >= 15 is 0 Å². The van der Waals surface area contributed by atoms with Gasteiger partial charge in [0.2, 0.25) is 11.8 Å². The van der Waals surface area contributed by atoms with Crippen LogP contribution in [0.1, 0.15) is 38.5 Å². The first-order valence-corrected chi connectivity index (χ1v) is 9.44. The van der Waals surface area contributed by atoms with E-state index in [4.69, 9.17) is 9.47 Å².